The highest BCUT2D eigenvalue weighted by molar-refractivity contribution is 5.91. The van der Waals surface area contributed by atoms with Crippen molar-refractivity contribution in [1.82, 2.24) is 30.4 Å². The normalized spacial score (nSPS) is 16.8. The van der Waals surface area contributed by atoms with Crippen LogP contribution in [0.1, 0.15) is 72.8 Å². The lowest BCUT2D eigenvalue weighted by Gasteiger charge is -2.33. The molecule has 2 heterocycles. The molecule has 1 aliphatic rings. The van der Waals surface area contributed by atoms with Crippen LogP contribution in [-0.2, 0) is 12.8 Å². The maximum Gasteiger partial charge on any atom is 0.317 e. The van der Waals surface area contributed by atoms with Crippen LogP contribution in [0.15, 0.2) is 36.7 Å². The smallest absolute Gasteiger partial charge is 0.317 e. The van der Waals surface area contributed by atoms with E-state index in [2.05, 4.69) is 46.6 Å². The fourth-order valence-electron chi connectivity index (χ4n) is 6.62. The predicted octanol–water partition coefficient (Wildman–Crippen LogP) is 0.615. The van der Waals surface area contributed by atoms with Gasteiger partial charge in [-0.15, -0.1) is 0 Å². The first kappa shape index (κ1) is 42.2. The van der Waals surface area contributed by atoms with E-state index < -0.39 is 36.9 Å². The molecule has 3 rings (SSSR count). The van der Waals surface area contributed by atoms with Gasteiger partial charge in [0.2, 0.25) is 0 Å². The number of primary amides is 1. The number of nitrogens with two attached hydrogens (primary N) is 1. The molecule has 5 atom stereocenters. The Hall–Kier alpha value is -3.24. The van der Waals surface area contributed by atoms with Crippen LogP contribution in [0.5, 0.6) is 0 Å². The second kappa shape index (κ2) is 22.6. The van der Waals surface area contributed by atoms with Crippen molar-refractivity contribution >= 4 is 11.9 Å². The number of aliphatic hydroxyl groups excluding tert-OH is 5. The number of nitrogens with zero attached hydrogens (tertiary/aromatic N) is 4. The maximum absolute atomic E-state index is 13.0. The van der Waals surface area contributed by atoms with Crippen molar-refractivity contribution in [3.8, 4) is 0 Å². The van der Waals surface area contributed by atoms with Crippen molar-refractivity contribution in [3.63, 3.8) is 0 Å². The summed E-state index contributed by atoms with van der Waals surface area (Å²) in [6.07, 6.45) is 4.05. The number of amides is 3. The number of hydrogen-bond donors (Lipinski definition) is 8. The van der Waals surface area contributed by atoms with Crippen LogP contribution in [0.4, 0.5) is 4.79 Å². The third-order valence-electron chi connectivity index (χ3n) is 9.83. The number of hydrogen-bond acceptors (Lipinski definition) is 11. The topological polar surface area (TPSA) is 218 Å². The number of carbonyl (C=O) groups excluding carboxylic acids is 2. The van der Waals surface area contributed by atoms with Gasteiger partial charge in [0.05, 0.1) is 18.4 Å². The summed E-state index contributed by atoms with van der Waals surface area (Å²) in [4.78, 5) is 37.4. The molecule has 0 radical (unpaired) electrons. The van der Waals surface area contributed by atoms with E-state index >= 15 is 0 Å². The zero-order valence-corrected chi connectivity index (χ0v) is 30.4. The van der Waals surface area contributed by atoms with Crippen LogP contribution in [-0.4, -0.2) is 141 Å². The van der Waals surface area contributed by atoms with Crippen LogP contribution < -0.4 is 16.4 Å². The fourth-order valence-corrected chi connectivity index (χ4v) is 6.62. The molecule has 51 heavy (non-hydrogen) atoms. The highest BCUT2D eigenvalue weighted by Gasteiger charge is 2.31. The average Bonchev–Trinajstić information content (AvgIpc) is 3.13. The summed E-state index contributed by atoms with van der Waals surface area (Å²) in [6, 6.07) is 8.16. The van der Waals surface area contributed by atoms with Gasteiger partial charge in [-0.1, -0.05) is 50.5 Å². The summed E-state index contributed by atoms with van der Waals surface area (Å²) in [5.74, 6) is -0.000850. The van der Waals surface area contributed by atoms with Gasteiger partial charge in [-0.3, -0.25) is 14.7 Å². The van der Waals surface area contributed by atoms with E-state index in [1.54, 1.807) is 6.20 Å². The molecule has 14 heteroatoms. The van der Waals surface area contributed by atoms with Gasteiger partial charge in [0.25, 0.3) is 5.91 Å². The number of rotatable bonds is 23. The average molecular weight is 716 g/mol. The van der Waals surface area contributed by atoms with E-state index in [-0.39, 0.29) is 24.2 Å². The number of likely N-dealkylation sites (tertiary alicyclic amines) is 1. The van der Waals surface area contributed by atoms with Gasteiger partial charge in [-0.2, -0.15) is 0 Å². The van der Waals surface area contributed by atoms with Crippen LogP contribution in [0.2, 0.25) is 0 Å². The van der Waals surface area contributed by atoms with E-state index in [9.17, 15) is 30.0 Å². The molecule has 9 N–H and O–H groups in total. The zero-order valence-electron chi connectivity index (χ0n) is 30.4. The number of aliphatic hydroxyl groups is 5. The standard InChI is InChI=1S/C37H61N7O7/c1-3-4-5-8-16-43(24-31(46)34(48)35(49)32(47)25-45)19-15-42-37(51)44-17-11-27(12-18-44)22-39-23-28(20-29-10-7-6-9-26(29)2)21-30-33(36(38)50)41-14-13-40-30/h6-7,9-10,13-14,27-28,31-32,34-35,39,45-49H,3-5,8,11-12,15-25H2,1-2H3,(H2,38,50)(H,42,51)/t28-,31+,32-,34-,35-/m1/s1. The van der Waals surface area contributed by atoms with Gasteiger partial charge in [0.1, 0.15) is 24.0 Å². The van der Waals surface area contributed by atoms with E-state index in [4.69, 9.17) is 10.8 Å². The van der Waals surface area contributed by atoms with Gasteiger partial charge in [0.15, 0.2) is 0 Å². The molecule has 1 fully saturated rings. The Morgan fingerprint density at radius 2 is 1.69 bits per heavy atom. The van der Waals surface area contributed by atoms with Gasteiger partial charge in [0, 0.05) is 45.1 Å². The molecule has 286 valence electrons. The molecule has 2 aromatic rings. The first-order chi connectivity index (χ1) is 24.5. The van der Waals surface area contributed by atoms with E-state index in [0.29, 0.717) is 50.8 Å². The summed E-state index contributed by atoms with van der Waals surface area (Å²) in [5.41, 5.74) is 8.86. The minimum absolute atomic E-state index is 0.0492. The Bertz CT molecular complexity index is 1310. The number of aromatic nitrogens is 2. The third-order valence-corrected chi connectivity index (χ3v) is 9.83. The van der Waals surface area contributed by atoms with Crippen LogP contribution >= 0.6 is 0 Å². The van der Waals surface area contributed by atoms with Crippen molar-refractivity contribution in [2.24, 2.45) is 17.6 Å². The minimum Gasteiger partial charge on any atom is -0.394 e. The Balaban J connectivity index is 1.46. The van der Waals surface area contributed by atoms with Crippen molar-refractivity contribution in [1.29, 1.82) is 0 Å². The van der Waals surface area contributed by atoms with Crippen molar-refractivity contribution < 1.29 is 35.1 Å². The maximum atomic E-state index is 13.0. The fraction of sp³-hybridized carbons (Fsp3) is 0.676. The number of nitrogens with one attached hydrogen (secondary N) is 2. The van der Waals surface area contributed by atoms with Crippen molar-refractivity contribution in [2.45, 2.75) is 89.6 Å². The van der Waals surface area contributed by atoms with E-state index in [1.165, 1.54) is 17.3 Å². The monoisotopic (exact) mass is 715 g/mol. The lowest BCUT2D eigenvalue weighted by molar-refractivity contribution is -0.119. The molecule has 14 nitrogen and oxygen atoms in total. The summed E-state index contributed by atoms with van der Waals surface area (Å²) in [6.45, 7) is 7.81. The number of urea groups is 1. The minimum atomic E-state index is -1.68. The Kier molecular flexibility index (Phi) is 18.7. The molecule has 0 bridgehead atoms. The molecule has 0 aliphatic carbocycles. The highest BCUT2D eigenvalue weighted by Crippen LogP contribution is 2.20. The third kappa shape index (κ3) is 14.4. The number of piperidine rings is 1. The lowest BCUT2D eigenvalue weighted by Crippen LogP contribution is -2.51. The Morgan fingerprint density at radius 3 is 2.37 bits per heavy atom. The molecule has 3 amide bonds. The van der Waals surface area contributed by atoms with E-state index in [1.807, 2.05) is 21.9 Å². The van der Waals surface area contributed by atoms with Crippen molar-refractivity contribution in [2.75, 3.05) is 59.0 Å². The predicted molar refractivity (Wildman–Crippen MR) is 195 cm³/mol. The Labute approximate surface area is 302 Å². The van der Waals surface area contributed by atoms with Gasteiger partial charge in [-0.25, -0.2) is 9.78 Å². The second-order valence-electron chi connectivity index (χ2n) is 13.9. The van der Waals surface area contributed by atoms with Crippen LogP contribution in [0.25, 0.3) is 0 Å². The first-order valence-electron chi connectivity index (χ1n) is 18.5. The second-order valence-corrected chi connectivity index (χ2v) is 13.9. The van der Waals surface area contributed by atoms with E-state index in [0.717, 1.165) is 58.0 Å². The molecular weight excluding hydrogens is 654 g/mol. The number of carbonyl (C=O) groups is 2. The zero-order chi connectivity index (χ0) is 37.2. The summed E-state index contributed by atoms with van der Waals surface area (Å²) in [7, 11) is 0. The molecule has 1 aliphatic heterocycles. The SMILES string of the molecule is CCCCCCN(CCNC(=O)N1CCC(CNC[C@H](Cc2ccccc2C)Cc2nccnc2C(N)=O)CC1)C[C@H](O)[C@@H](O)[C@H](O)[C@H](O)CO. The number of unbranched alkanes of at least 4 members (excludes halogenated alkanes) is 3. The molecule has 1 saturated heterocycles. The molecule has 0 unspecified atom stereocenters. The van der Waals surface area contributed by atoms with Crippen LogP contribution in [0.3, 0.4) is 0 Å². The molecule has 0 spiro atoms. The molecule has 1 aromatic heterocycles. The highest BCUT2D eigenvalue weighted by atomic mass is 16.4. The molecule has 0 saturated carbocycles. The van der Waals surface area contributed by atoms with Crippen LogP contribution in [0, 0.1) is 18.8 Å². The Morgan fingerprint density at radius 1 is 0.980 bits per heavy atom. The van der Waals surface area contributed by atoms with Crippen molar-refractivity contribution in [3.05, 3.63) is 59.2 Å². The largest absolute Gasteiger partial charge is 0.394 e. The summed E-state index contributed by atoms with van der Waals surface area (Å²) < 4.78 is 0. The number of benzene rings is 1. The molecule has 1 aromatic carbocycles. The molecular formula is C37H61N7O7. The van der Waals surface area contributed by atoms with Gasteiger partial charge in [-0.05, 0) is 81.6 Å². The van der Waals surface area contributed by atoms with Gasteiger partial charge >= 0.3 is 6.03 Å². The lowest BCUT2D eigenvalue weighted by atomic mass is 9.91. The summed E-state index contributed by atoms with van der Waals surface area (Å²) >= 11 is 0. The first-order valence-corrected chi connectivity index (χ1v) is 18.5. The quantitative estimate of drug-likeness (QED) is 0.0746. The van der Waals surface area contributed by atoms with Gasteiger partial charge < -0.3 is 46.8 Å². The summed E-state index contributed by atoms with van der Waals surface area (Å²) in [5, 5.41) is 56.2. The number of aryl methyl sites for hydroxylation is 1.